The third kappa shape index (κ3) is 3.26. The number of rotatable bonds is 3. The standard InChI is InChI=1S/C21H14BrClN2O/c22-15-9-10-18(26)17(12-15)21-24-19(13-5-2-1-3-6-13)20(25-21)14-7-4-8-16(23)11-14/h1-12,26H,(H,24,25). The molecule has 0 atom stereocenters. The van der Waals surface area contributed by atoms with Crippen LogP contribution in [0.4, 0.5) is 0 Å². The first-order chi connectivity index (χ1) is 12.6. The summed E-state index contributed by atoms with van der Waals surface area (Å²) < 4.78 is 0.868. The van der Waals surface area contributed by atoms with Gasteiger partial charge in [0.25, 0.3) is 0 Å². The van der Waals surface area contributed by atoms with Gasteiger partial charge in [-0.2, -0.15) is 0 Å². The van der Waals surface area contributed by atoms with Crippen LogP contribution in [0, 0.1) is 0 Å². The Kier molecular flexibility index (Phi) is 4.53. The molecule has 1 heterocycles. The lowest BCUT2D eigenvalue weighted by Gasteiger charge is -2.03. The third-order valence-corrected chi connectivity index (χ3v) is 4.81. The van der Waals surface area contributed by atoms with Gasteiger partial charge in [0.05, 0.1) is 17.0 Å². The van der Waals surface area contributed by atoms with E-state index in [4.69, 9.17) is 16.6 Å². The molecule has 0 fully saturated rings. The lowest BCUT2D eigenvalue weighted by Crippen LogP contribution is -1.83. The van der Waals surface area contributed by atoms with Crippen LogP contribution in [0.2, 0.25) is 5.02 Å². The average Bonchev–Trinajstić information content (AvgIpc) is 3.10. The maximum Gasteiger partial charge on any atom is 0.142 e. The number of phenols is 1. The SMILES string of the molecule is Oc1ccc(Br)cc1-c1nc(-c2cccc(Cl)c2)c(-c2ccccc2)[nH]1. The van der Waals surface area contributed by atoms with Crippen LogP contribution in [0.15, 0.2) is 77.3 Å². The van der Waals surface area contributed by atoms with Crippen LogP contribution < -0.4 is 0 Å². The molecule has 3 aromatic carbocycles. The molecule has 5 heteroatoms. The monoisotopic (exact) mass is 424 g/mol. The fourth-order valence-corrected chi connectivity index (χ4v) is 3.41. The first-order valence-electron chi connectivity index (χ1n) is 8.02. The van der Waals surface area contributed by atoms with Gasteiger partial charge in [0.15, 0.2) is 0 Å². The van der Waals surface area contributed by atoms with E-state index in [9.17, 15) is 5.11 Å². The molecule has 0 aliphatic carbocycles. The molecule has 4 rings (SSSR count). The Labute approximate surface area is 164 Å². The third-order valence-electron chi connectivity index (χ3n) is 4.08. The van der Waals surface area contributed by atoms with Crippen molar-refractivity contribution in [2.24, 2.45) is 0 Å². The summed E-state index contributed by atoms with van der Waals surface area (Å²) in [7, 11) is 0. The highest BCUT2D eigenvalue weighted by atomic mass is 79.9. The van der Waals surface area contributed by atoms with Crippen molar-refractivity contribution in [2.45, 2.75) is 0 Å². The van der Waals surface area contributed by atoms with E-state index in [1.165, 1.54) is 0 Å². The van der Waals surface area contributed by atoms with Gasteiger partial charge in [0, 0.05) is 20.6 Å². The number of halogens is 2. The van der Waals surface area contributed by atoms with Crippen LogP contribution in [0.25, 0.3) is 33.9 Å². The lowest BCUT2D eigenvalue weighted by molar-refractivity contribution is 0.477. The van der Waals surface area contributed by atoms with Crippen molar-refractivity contribution in [3.63, 3.8) is 0 Å². The van der Waals surface area contributed by atoms with Gasteiger partial charge in [-0.3, -0.25) is 0 Å². The maximum atomic E-state index is 10.3. The highest BCUT2D eigenvalue weighted by Crippen LogP contribution is 2.37. The van der Waals surface area contributed by atoms with Crippen molar-refractivity contribution in [3.8, 4) is 39.7 Å². The molecule has 0 bridgehead atoms. The topological polar surface area (TPSA) is 48.9 Å². The molecule has 0 amide bonds. The van der Waals surface area contributed by atoms with Gasteiger partial charge in [-0.05, 0) is 30.3 Å². The number of imidazole rings is 1. The van der Waals surface area contributed by atoms with Gasteiger partial charge in [-0.15, -0.1) is 0 Å². The normalized spacial score (nSPS) is 10.8. The Morgan fingerprint density at radius 3 is 2.42 bits per heavy atom. The molecular weight excluding hydrogens is 412 g/mol. The largest absolute Gasteiger partial charge is 0.507 e. The molecule has 128 valence electrons. The molecule has 26 heavy (non-hydrogen) atoms. The number of hydrogen-bond donors (Lipinski definition) is 2. The smallest absolute Gasteiger partial charge is 0.142 e. The summed E-state index contributed by atoms with van der Waals surface area (Å²) in [6, 6.07) is 22.8. The molecule has 4 aromatic rings. The summed E-state index contributed by atoms with van der Waals surface area (Å²) in [4.78, 5) is 8.14. The second kappa shape index (κ2) is 6.98. The number of benzene rings is 3. The number of hydrogen-bond acceptors (Lipinski definition) is 2. The Morgan fingerprint density at radius 1 is 0.885 bits per heavy atom. The van der Waals surface area contributed by atoms with Crippen LogP contribution >= 0.6 is 27.5 Å². The first-order valence-corrected chi connectivity index (χ1v) is 9.19. The van der Waals surface area contributed by atoms with E-state index in [0.29, 0.717) is 16.4 Å². The van der Waals surface area contributed by atoms with Gasteiger partial charge >= 0.3 is 0 Å². The number of aromatic amines is 1. The predicted octanol–water partition coefficient (Wildman–Crippen LogP) is 6.53. The number of nitrogens with zero attached hydrogens (tertiary/aromatic N) is 1. The fourth-order valence-electron chi connectivity index (χ4n) is 2.86. The van der Waals surface area contributed by atoms with Crippen LogP contribution in [0.5, 0.6) is 5.75 Å². The maximum absolute atomic E-state index is 10.3. The molecule has 0 aliphatic heterocycles. The average molecular weight is 426 g/mol. The van der Waals surface area contributed by atoms with E-state index < -0.39 is 0 Å². The molecule has 0 aliphatic rings. The molecule has 0 radical (unpaired) electrons. The zero-order chi connectivity index (χ0) is 18.1. The predicted molar refractivity (Wildman–Crippen MR) is 109 cm³/mol. The summed E-state index contributed by atoms with van der Waals surface area (Å²) in [6.07, 6.45) is 0. The summed E-state index contributed by atoms with van der Waals surface area (Å²) in [6.45, 7) is 0. The Bertz CT molecular complexity index is 1080. The summed E-state index contributed by atoms with van der Waals surface area (Å²) in [5.74, 6) is 0.761. The van der Waals surface area contributed by atoms with Crippen LogP contribution in [0.3, 0.4) is 0 Å². The molecule has 0 saturated heterocycles. The molecule has 0 spiro atoms. The molecule has 3 nitrogen and oxygen atoms in total. The molecule has 1 aromatic heterocycles. The highest BCUT2D eigenvalue weighted by Gasteiger charge is 2.17. The Hall–Kier alpha value is -2.56. The summed E-state index contributed by atoms with van der Waals surface area (Å²) in [5, 5.41) is 10.9. The minimum atomic E-state index is 0.166. The van der Waals surface area contributed by atoms with Crippen molar-refractivity contribution in [3.05, 3.63) is 82.3 Å². The minimum Gasteiger partial charge on any atom is -0.507 e. The molecular formula is C21H14BrClN2O. The summed E-state index contributed by atoms with van der Waals surface area (Å²) >= 11 is 9.63. The minimum absolute atomic E-state index is 0.166. The summed E-state index contributed by atoms with van der Waals surface area (Å²) in [5.41, 5.74) is 4.21. The lowest BCUT2D eigenvalue weighted by atomic mass is 10.1. The second-order valence-corrected chi connectivity index (χ2v) is 7.20. The quantitative estimate of drug-likeness (QED) is 0.392. The second-order valence-electron chi connectivity index (χ2n) is 5.85. The fraction of sp³-hybridized carbons (Fsp3) is 0. The molecule has 0 saturated carbocycles. The first kappa shape index (κ1) is 16.9. The molecule has 2 N–H and O–H groups in total. The number of aromatic hydroxyl groups is 1. The van der Waals surface area contributed by atoms with Gasteiger partial charge in [-0.1, -0.05) is 70.0 Å². The van der Waals surface area contributed by atoms with Crippen molar-refractivity contribution in [1.29, 1.82) is 0 Å². The van der Waals surface area contributed by atoms with E-state index in [1.54, 1.807) is 12.1 Å². The number of nitrogens with one attached hydrogen (secondary N) is 1. The van der Waals surface area contributed by atoms with Crippen molar-refractivity contribution < 1.29 is 5.11 Å². The van der Waals surface area contributed by atoms with Gasteiger partial charge < -0.3 is 10.1 Å². The van der Waals surface area contributed by atoms with Gasteiger partial charge in [0.2, 0.25) is 0 Å². The van der Waals surface area contributed by atoms with E-state index in [0.717, 1.165) is 27.0 Å². The van der Waals surface area contributed by atoms with E-state index >= 15 is 0 Å². The number of H-pyrrole nitrogens is 1. The van der Waals surface area contributed by atoms with Crippen LogP contribution in [-0.4, -0.2) is 15.1 Å². The van der Waals surface area contributed by atoms with E-state index in [1.807, 2.05) is 60.7 Å². The van der Waals surface area contributed by atoms with Crippen molar-refractivity contribution >= 4 is 27.5 Å². The van der Waals surface area contributed by atoms with E-state index in [2.05, 4.69) is 20.9 Å². The van der Waals surface area contributed by atoms with Crippen LogP contribution in [0.1, 0.15) is 0 Å². The van der Waals surface area contributed by atoms with Crippen molar-refractivity contribution in [2.75, 3.05) is 0 Å². The zero-order valence-corrected chi connectivity index (χ0v) is 15.9. The van der Waals surface area contributed by atoms with Gasteiger partial charge in [-0.25, -0.2) is 4.98 Å². The van der Waals surface area contributed by atoms with E-state index in [-0.39, 0.29) is 5.75 Å². The van der Waals surface area contributed by atoms with Crippen LogP contribution in [-0.2, 0) is 0 Å². The highest BCUT2D eigenvalue weighted by molar-refractivity contribution is 9.10. The van der Waals surface area contributed by atoms with Gasteiger partial charge in [0.1, 0.15) is 11.6 Å². The molecule has 0 unspecified atom stereocenters. The number of phenolic OH excluding ortho intramolecular Hbond substituents is 1. The zero-order valence-electron chi connectivity index (χ0n) is 13.6. The Morgan fingerprint density at radius 2 is 1.65 bits per heavy atom. The van der Waals surface area contributed by atoms with Crippen molar-refractivity contribution in [1.82, 2.24) is 9.97 Å². The Balaban J connectivity index is 1.95. The number of aromatic nitrogens is 2.